The monoisotopic (exact) mass is 527 g/mol. The molecule has 3 aliphatic carbocycles. The van der Waals surface area contributed by atoms with Gasteiger partial charge in [0.1, 0.15) is 22.8 Å². The highest BCUT2D eigenvalue weighted by Gasteiger charge is 2.63. The van der Waals surface area contributed by atoms with E-state index in [4.69, 9.17) is 5.73 Å². The molecule has 0 unspecified atom stereocenters. The SMILES string of the molecule is CN(C)[C@@H]1C(O)=C(C(N)=O)C(=O)[C@@]2(O)C(O)=C3C(=O)c4c(O)ccc(C(=O)CNC(C)(C)C)c4C[C@H]3C[C@@H]12. The Morgan fingerprint density at radius 2 is 1.79 bits per heavy atom. The minimum absolute atomic E-state index is 0.0122. The van der Waals surface area contributed by atoms with Crippen LogP contribution in [0, 0.1) is 11.8 Å². The van der Waals surface area contributed by atoms with E-state index >= 15 is 0 Å². The van der Waals surface area contributed by atoms with E-state index in [-0.39, 0.29) is 47.4 Å². The number of ketones is 3. The van der Waals surface area contributed by atoms with E-state index in [2.05, 4.69) is 5.32 Å². The summed E-state index contributed by atoms with van der Waals surface area (Å²) in [6, 6.07) is 1.59. The molecule has 38 heavy (non-hydrogen) atoms. The molecule has 4 rings (SSSR count). The summed E-state index contributed by atoms with van der Waals surface area (Å²) >= 11 is 0. The maximum Gasteiger partial charge on any atom is 0.255 e. The molecule has 0 heterocycles. The van der Waals surface area contributed by atoms with Gasteiger partial charge >= 0.3 is 0 Å². The number of primary amides is 1. The average Bonchev–Trinajstić information content (AvgIpc) is 2.79. The molecule has 0 aromatic heterocycles. The largest absolute Gasteiger partial charge is 0.510 e. The Bertz CT molecular complexity index is 1340. The fourth-order valence-electron chi connectivity index (χ4n) is 5.95. The van der Waals surface area contributed by atoms with Gasteiger partial charge in [-0.3, -0.25) is 24.1 Å². The van der Waals surface area contributed by atoms with Gasteiger partial charge in [0, 0.05) is 22.6 Å². The van der Waals surface area contributed by atoms with Crippen LogP contribution in [-0.2, 0) is 16.0 Å². The zero-order valence-electron chi connectivity index (χ0n) is 22.0. The Labute approximate surface area is 219 Å². The number of hydrogen-bond donors (Lipinski definition) is 6. The minimum atomic E-state index is -2.70. The van der Waals surface area contributed by atoms with Crippen molar-refractivity contribution in [1.82, 2.24) is 10.2 Å². The van der Waals surface area contributed by atoms with E-state index in [1.54, 1.807) is 14.1 Å². The first-order valence-electron chi connectivity index (χ1n) is 12.3. The number of likely N-dealkylation sites (N-methyl/N-ethyl adjacent to an activating group) is 1. The van der Waals surface area contributed by atoms with Gasteiger partial charge in [-0.15, -0.1) is 0 Å². The van der Waals surface area contributed by atoms with Crippen LogP contribution in [0.25, 0.3) is 0 Å². The van der Waals surface area contributed by atoms with Crippen molar-refractivity contribution in [3.05, 3.63) is 51.5 Å². The molecule has 0 saturated carbocycles. The number of nitrogens with zero attached hydrogens (tertiary/aromatic N) is 1. The molecule has 3 aliphatic rings. The minimum Gasteiger partial charge on any atom is -0.510 e. The predicted molar refractivity (Wildman–Crippen MR) is 136 cm³/mol. The highest BCUT2D eigenvalue weighted by Crippen LogP contribution is 2.52. The van der Waals surface area contributed by atoms with Crippen molar-refractivity contribution in [1.29, 1.82) is 0 Å². The number of aromatic hydroxyl groups is 1. The second kappa shape index (κ2) is 9.04. The summed E-state index contributed by atoms with van der Waals surface area (Å²) in [4.78, 5) is 53.7. The molecule has 0 aliphatic heterocycles. The Morgan fingerprint density at radius 1 is 1.16 bits per heavy atom. The number of allylic oxidation sites excluding steroid dienone is 1. The van der Waals surface area contributed by atoms with Gasteiger partial charge in [0.15, 0.2) is 17.2 Å². The Morgan fingerprint density at radius 3 is 2.34 bits per heavy atom. The normalized spacial score (nSPS) is 27.3. The molecule has 0 spiro atoms. The lowest BCUT2D eigenvalue weighted by Gasteiger charge is -2.50. The lowest BCUT2D eigenvalue weighted by atomic mass is 9.58. The number of hydrogen-bond acceptors (Lipinski definition) is 10. The summed E-state index contributed by atoms with van der Waals surface area (Å²) in [5, 5.41) is 47.5. The predicted octanol–water partition coefficient (Wildman–Crippen LogP) is 0.691. The fraction of sp³-hybridized carbons (Fsp3) is 0.481. The Kier molecular flexibility index (Phi) is 6.54. The molecular weight excluding hydrogens is 494 g/mol. The van der Waals surface area contributed by atoms with Crippen LogP contribution in [0.15, 0.2) is 34.8 Å². The van der Waals surface area contributed by atoms with Gasteiger partial charge < -0.3 is 31.5 Å². The van der Waals surface area contributed by atoms with E-state index in [0.29, 0.717) is 5.56 Å². The van der Waals surface area contributed by atoms with Crippen molar-refractivity contribution in [3.8, 4) is 5.75 Å². The number of amides is 1. The number of fused-ring (bicyclic) bond motifs is 3. The summed E-state index contributed by atoms with van der Waals surface area (Å²) in [7, 11) is 3.12. The molecule has 0 radical (unpaired) electrons. The number of carbonyl (C=O) groups excluding carboxylic acids is 4. The highest BCUT2D eigenvalue weighted by atomic mass is 16.3. The summed E-state index contributed by atoms with van der Waals surface area (Å²) in [5.41, 5.74) is 1.52. The molecule has 1 aromatic rings. The van der Waals surface area contributed by atoms with Gasteiger partial charge in [-0.2, -0.15) is 0 Å². The highest BCUT2D eigenvalue weighted by molar-refractivity contribution is 6.25. The second-order valence-electron chi connectivity index (χ2n) is 11.5. The van der Waals surface area contributed by atoms with Crippen LogP contribution in [0.1, 0.15) is 53.5 Å². The number of nitrogens with two attached hydrogens (primary N) is 1. The molecule has 204 valence electrons. The van der Waals surface area contributed by atoms with E-state index in [9.17, 15) is 39.6 Å². The number of nitrogens with one attached hydrogen (secondary N) is 1. The summed E-state index contributed by atoms with van der Waals surface area (Å²) in [6.07, 6.45) is 0.00875. The Balaban J connectivity index is 1.88. The van der Waals surface area contributed by atoms with Crippen molar-refractivity contribution in [2.24, 2.45) is 17.6 Å². The van der Waals surface area contributed by atoms with Gasteiger partial charge in [0.2, 0.25) is 5.78 Å². The molecule has 1 aromatic carbocycles. The molecule has 4 atom stereocenters. The van der Waals surface area contributed by atoms with E-state index < -0.39 is 63.8 Å². The first kappa shape index (κ1) is 27.5. The molecule has 11 heteroatoms. The van der Waals surface area contributed by atoms with E-state index in [1.165, 1.54) is 17.0 Å². The van der Waals surface area contributed by atoms with E-state index in [1.807, 2.05) is 20.8 Å². The second-order valence-corrected chi connectivity index (χ2v) is 11.5. The summed E-state index contributed by atoms with van der Waals surface area (Å²) in [5.74, 6) is -7.56. The Hall–Kier alpha value is -3.54. The lowest BCUT2D eigenvalue weighted by Crippen LogP contribution is -2.63. The van der Waals surface area contributed by atoms with Crippen LogP contribution in [-0.4, -0.2) is 86.4 Å². The van der Waals surface area contributed by atoms with Crippen LogP contribution in [0.5, 0.6) is 5.75 Å². The first-order valence-corrected chi connectivity index (χ1v) is 12.3. The van der Waals surface area contributed by atoms with Crippen molar-refractivity contribution in [2.45, 2.75) is 50.8 Å². The molecule has 11 nitrogen and oxygen atoms in total. The topological polar surface area (TPSA) is 190 Å². The van der Waals surface area contributed by atoms with Gasteiger partial charge in [-0.1, -0.05) is 0 Å². The number of aliphatic hydroxyl groups is 3. The molecule has 0 saturated heterocycles. The summed E-state index contributed by atoms with van der Waals surface area (Å²) < 4.78 is 0. The summed E-state index contributed by atoms with van der Waals surface area (Å²) in [6.45, 7) is 5.69. The molecule has 1 amide bonds. The molecule has 0 fully saturated rings. The first-order chi connectivity index (χ1) is 17.5. The fourth-order valence-corrected chi connectivity index (χ4v) is 5.95. The van der Waals surface area contributed by atoms with Gasteiger partial charge in [0.25, 0.3) is 5.91 Å². The number of phenols is 1. The number of carbonyl (C=O) groups is 4. The van der Waals surface area contributed by atoms with Gasteiger partial charge in [0.05, 0.1) is 18.2 Å². The van der Waals surface area contributed by atoms with Crippen molar-refractivity contribution in [2.75, 3.05) is 20.6 Å². The van der Waals surface area contributed by atoms with Crippen molar-refractivity contribution < 1.29 is 39.6 Å². The van der Waals surface area contributed by atoms with Crippen LogP contribution in [0.4, 0.5) is 0 Å². The zero-order valence-corrected chi connectivity index (χ0v) is 22.0. The van der Waals surface area contributed by atoms with Crippen molar-refractivity contribution in [3.63, 3.8) is 0 Å². The number of benzene rings is 1. The molecular formula is C27H33N3O8. The van der Waals surface area contributed by atoms with Gasteiger partial charge in [-0.05, 0) is 71.3 Å². The maximum absolute atomic E-state index is 13.7. The number of aliphatic hydroxyl groups excluding tert-OH is 2. The van der Waals surface area contributed by atoms with Crippen molar-refractivity contribution >= 4 is 23.3 Å². The smallest absolute Gasteiger partial charge is 0.255 e. The van der Waals surface area contributed by atoms with Gasteiger partial charge in [-0.25, -0.2) is 0 Å². The van der Waals surface area contributed by atoms with Crippen LogP contribution < -0.4 is 11.1 Å². The number of Topliss-reactive ketones (excluding diaryl/α,β-unsaturated/α-hetero) is 3. The third-order valence-electron chi connectivity index (χ3n) is 7.69. The van der Waals surface area contributed by atoms with E-state index in [0.717, 1.165) is 0 Å². The lowest BCUT2D eigenvalue weighted by molar-refractivity contribution is -0.148. The molecule has 0 bridgehead atoms. The quantitative estimate of drug-likeness (QED) is 0.235. The number of phenolic OH excluding ortho intramolecular Hbond substituents is 1. The zero-order chi connectivity index (χ0) is 28.5. The molecule has 7 N–H and O–H groups in total. The third kappa shape index (κ3) is 4.01. The number of rotatable bonds is 5. The maximum atomic E-state index is 13.7. The van der Waals surface area contributed by atoms with Crippen LogP contribution >= 0.6 is 0 Å². The van der Waals surface area contributed by atoms with Crippen LogP contribution in [0.2, 0.25) is 0 Å². The van der Waals surface area contributed by atoms with Crippen LogP contribution in [0.3, 0.4) is 0 Å². The standard InChI is InChI=1S/C27H33N3O8/c1-26(2,3)29-10-16(32)12-6-7-15(31)18-13(12)8-11-9-14-20(30(4)5)22(34)19(25(28)37)24(36)27(14,38)23(35)17(11)21(18)33/h6-7,11,14,20,29,31,34-35,38H,8-10H2,1-5H3,(H2,28,37)/t11-,14-,20-,27-/m0/s1. The third-order valence-corrected chi connectivity index (χ3v) is 7.69. The average molecular weight is 528 g/mol.